The molecule has 2 aromatic carbocycles. The van der Waals surface area contributed by atoms with Crippen molar-refractivity contribution in [3.63, 3.8) is 0 Å². The van der Waals surface area contributed by atoms with Gasteiger partial charge in [-0.2, -0.15) is 20.5 Å². The predicted molar refractivity (Wildman–Crippen MR) is 171 cm³/mol. The van der Waals surface area contributed by atoms with Gasteiger partial charge in [-0.15, -0.1) is 11.3 Å². The number of rotatable bonds is 5. The summed E-state index contributed by atoms with van der Waals surface area (Å²) in [4.78, 5) is 15.0. The van der Waals surface area contributed by atoms with Crippen molar-refractivity contribution in [2.45, 2.75) is 36.6 Å². The number of anilines is 2. The lowest BCUT2D eigenvalue weighted by atomic mass is 9.92. The lowest BCUT2D eigenvalue weighted by Crippen LogP contribution is -2.69. The second-order valence-electron chi connectivity index (χ2n) is 12.8. The molecule has 6 heterocycles. The van der Waals surface area contributed by atoms with Crippen LogP contribution in [0.3, 0.4) is 0 Å². The molecule has 47 heavy (non-hydrogen) atoms. The van der Waals surface area contributed by atoms with Gasteiger partial charge in [-0.1, -0.05) is 17.7 Å². The van der Waals surface area contributed by atoms with Crippen molar-refractivity contribution in [2.75, 3.05) is 63.1 Å². The minimum atomic E-state index is -0.953. The van der Waals surface area contributed by atoms with Crippen LogP contribution >= 0.6 is 22.9 Å². The van der Waals surface area contributed by atoms with Crippen molar-refractivity contribution < 1.29 is 22.6 Å². The average Bonchev–Trinajstić information content (AvgIpc) is 3.69. The molecule has 0 saturated carbocycles. The Morgan fingerprint density at radius 2 is 2.02 bits per heavy atom. The summed E-state index contributed by atoms with van der Waals surface area (Å²) in [5.41, 5.74) is 5.08. The number of nitrogens with zero attached hydrogens (tertiary/aromatic N) is 7. The van der Waals surface area contributed by atoms with Crippen LogP contribution < -0.4 is 15.4 Å². The normalized spacial score (nSPS) is 23.7. The summed E-state index contributed by atoms with van der Waals surface area (Å²) >= 11 is 7.74. The van der Waals surface area contributed by atoms with Gasteiger partial charge in [0.15, 0.2) is 12.0 Å². The van der Waals surface area contributed by atoms with Crippen molar-refractivity contribution in [1.82, 2.24) is 19.8 Å². The van der Waals surface area contributed by atoms with Gasteiger partial charge in [-0.25, -0.2) is 13.2 Å². The SMILES string of the molecule is N#Cc1c(N)sc2c(F)ccc(-c3c(Cl)cc4c(N5CCOC6(CN(C#N)C6)C5)nc(OC[C@@]56CCCN5C[C@H](F)C6)nc4c3F)c12. The maximum atomic E-state index is 17.0. The largest absolute Gasteiger partial charge is 0.461 e. The smallest absolute Gasteiger partial charge is 0.319 e. The highest BCUT2D eigenvalue weighted by Crippen LogP contribution is 2.46. The molecule has 0 amide bonds. The van der Waals surface area contributed by atoms with E-state index in [1.165, 1.54) is 12.1 Å². The number of nitrogens with two attached hydrogens (primary N) is 1. The minimum Gasteiger partial charge on any atom is -0.461 e. The van der Waals surface area contributed by atoms with Crippen LogP contribution in [0.1, 0.15) is 24.8 Å². The molecule has 2 atom stereocenters. The Morgan fingerprint density at radius 3 is 2.81 bits per heavy atom. The van der Waals surface area contributed by atoms with Crippen molar-refractivity contribution in [2.24, 2.45) is 0 Å². The second-order valence-corrected chi connectivity index (χ2v) is 14.3. The summed E-state index contributed by atoms with van der Waals surface area (Å²) in [6, 6.07) is 6.09. The molecular formula is C32H28ClF3N8O2S. The molecule has 0 bridgehead atoms. The standard InChI is InChI=1S/C32H28ClF3N8O2S/c33-21-8-19-26(25(36)24(21)18-2-3-22(35)27-23(18)20(10-37)28(39)47-27)40-30(45-15-31-4-1-5-44(31)11-17(34)9-31)41-29(19)43-6-7-46-32(14-43)12-42(13-32)16-38/h2-3,8,17H,1,4-7,9,11-15,39H2/t17-,31+/m1/s1. The summed E-state index contributed by atoms with van der Waals surface area (Å²) in [5, 5.41) is 19.8. The van der Waals surface area contributed by atoms with Gasteiger partial charge < -0.3 is 25.0 Å². The zero-order valence-electron chi connectivity index (χ0n) is 25.0. The van der Waals surface area contributed by atoms with E-state index in [2.05, 4.69) is 16.1 Å². The fraction of sp³-hybridized carbons (Fsp3) is 0.438. The number of benzene rings is 2. The molecule has 4 fully saturated rings. The van der Waals surface area contributed by atoms with E-state index in [1.807, 2.05) is 11.0 Å². The van der Waals surface area contributed by atoms with E-state index in [-0.39, 0.29) is 54.9 Å². The van der Waals surface area contributed by atoms with Gasteiger partial charge >= 0.3 is 6.01 Å². The molecule has 0 aliphatic carbocycles. The van der Waals surface area contributed by atoms with Gasteiger partial charge in [-0.05, 0) is 37.1 Å². The number of alkyl halides is 1. The zero-order chi connectivity index (χ0) is 32.7. The van der Waals surface area contributed by atoms with Crippen LogP contribution in [0.25, 0.3) is 32.1 Å². The molecule has 2 N–H and O–H groups in total. The van der Waals surface area contributed by atoms with Gasteiger partial charge in [-0.3, -0.25) is 4.90 Å². The third-order valence-electron chi connectivity index (χ3n) is 9.92. The number of nitriles is 2. The molecular weight excluding hydrogens is 653 g/mol. The molecule has 15 heteroatoms. The highest BCUT2D eigenvalue weighted by molar-refractivity contribution is 7.23. The number of aromatic nitrogens is 2. The van der Waals surface area contributed by atoms with E-state index in [0.29, 0.717) is 57.0 Å². The molecule has 8 rings (SSSR count). The maximum absolute atomic E-state index is 17.0. The molecule has 4 aliphatic rings. The predicted octanol–water partition coefficient (Wildman–Crippen LogP) is 5.22. The third kappa shape index (κ3) is 4.72. The van der Waals surface area contributed by atoms with Crippen LogP contribution in [0.15, 0.2) is 18.2 Å². The first-order valence-electron chi connectivity index (χ1n) is 15.3. The van der Waals surface area contributed by atoms with Crippen LogP contribution in [0.2, 0.25) is 5.02 Å². The highest BCUT2D eigenvalue weighted by Gasteiger charge is 2.50. The van der Waals surface area contributed by atoms with E-state index < -0.39 is 28.9 Å². The van der Waals surface area contributed by atoms with Crippen molar-refractivity contribution >= 4 is 54.7 Å². The van der Waals surface area contributed by atoms with Crippen LogP contribution in [0, 0.1) is 34.4 Å². The van der Waals surface area contributed by atoms with E-state index in [0.717, 1.165) is 30.7 Å². The zero-order valence-corrected chi connectivity index (χ0v) is 26.6. The van der Waals surface area contributed by atoms with Crippen LogP contribution in [0.5, 0.6) is 6.01 Å². The topological polar surface area (TPSA) is 128 Å². The van der Waals surface area contributed by atoms with Gasteiger partial charge in [0.2, 0.25) is 0 Å². The van der Waals surface area contributed by atoms with Crippen LogP contribution in [-0.4, -0.2) is 89.6 Å². The van der Waals surface area contributed by atoms with Gasteiger partial charge in [0.1, 0.15) is 46.6 Å². The Morgan fingerprint density at radius 1 is 1.19 bits per heavy atom. The molecule has 2 aromatic heterocycles. The first kappa shape index (κ1) is 30.3. The molecule has 0 radical (unpaired) electrons. The van der Waals surface area contributed by atoms with Gasteiger partial charge in [0, 0.05) is 35.8 Å². The number of hydrogen-bond donors (Lipinski definition) is 1. The second kappa shape index (κ2) is 11.0. The number of thiophene rings is 1. The average molecular weight is 681 g/mol. The highest BCUT2D eigenvalue weighted by atomic mass is 35.5. The fourth-order valence-corrected chi connectivity index (χ4v) is 9.05. The summed E-state index contributed by atoms with van der Waals surface area (Å²) in [6.45, 7) is 3.28. The number of fused-ring (bicyclic) bond motifs is 3. The first-order valence-corrected chi connectivity index (χ1v) is 16.5. The Balaban J connectivity index is 1.27. The molecule has 242 valence electrons. The number of nitrogen functional groups attached to an aromatic ring is 1. The van der Waals surface area contributed by atoms with Crippen molar-refractivity contribution in [3.8, 4) is 29.4 Å². The summed E-state index contributed by atoms with van der Waals surface area (Å²) in [7, 11) is 0. The van der Waals surface area contributed by atoms with Crippen molar-refractivity contribution in [3.05, 3.63) is 40.4 Å². The van der Waals surface area contributed by atoms with E-state index in [1.54, 1.807) is 11.0 Å². The number of hydrogen-bond acceptors (Lipinski definition) is 11. The number of halogens is 4. The van der Waals surface area contributed by atoms with Crippen LogP contribution in [0.4, 0.5) is 24.0 Å². The van der Waals surface area contributed by atoms with Crippen LogP contribution in [-0.2, 0) is 4.74 Å². The Labute approximate surface area is 276 Å². The molecule has 4 saturated heterocycles. The lowest BCUT2D eigenvalue weighted by Gasteiger charge is -2.52. The Hall–Kier alpha value is -4.08. The third-order valence-corrected chi connectivity index (χ3v) is 11.2. The fourth-order valence-electron chi connectivity index (χ4n) is 7.81. The molecule has 4 aliphatic heterocycles. The van der Waals surface area contributed by atoms with E-state index in [4.69, 9.17) is 31.8 Å². The molecule has 0 unspecified atom stereocenters. The Bertz CT molecular complexity index is 2040. The van der Waals surface area contributed by atoms with E-state index >= 15 is 4.39 Å². The number of ether oxygens (including phenoxy) is 2. The monoisotopic (exact) mass is 680 g/mol. The number of morpholine rings is 1. The summed E-state index contributed by atoms with van der Waals surface area (Å²) in [5.74, 6) is -1.00. The summed E-state index contributed by atoms with van der Waals surface area (Å²) < 4.78 is 58.8. The molecule has 10 nitrogen and oxygen atoms in total. The molecule has 4 aromatic rings. The minimum absolute atomic E-state index is 0.0118. The molecule has 1 spiro atoms. The summed E-state index contributed by atoms with van der Waals surface area (Å²) in [6.07, 6.45) is 3.22. The first-order chi connectivity index (χ1) is 22.6. The maximum Gasteiger partial charge on any atom is 0.319 e. The number of likely N-dealkylation sites (tertiary alicyclic amines) is 1. The van der Waals surface area contributed by atoms with E-state index in [9.17, 15) is 19.3 Å². The van der Waals surface area contributed by atoms with Crippen molar-refractivity contribution in [1.29, 1.82) is 10.5 Å². The van der Waals surface area contributed by atoms with Gasteiger partial charge in [0.25, 0.3) is 0 Å². The quantitative estimate of drug-likeness (QED) is 0.280. The Kier molecular flexibility index (Phi) is 7.08. The van der Waals surface area contributed by atoms with Gasteiger partial charge in [0.05, 0.1) is 47.1 Å². The lowest BCUT2D eigenvalue weighted by molar-refractivity contribution is -0.131.